The summed E-state index contributed by atoms with van der Waals surface area (Å²) in [4.78, 5) is 12.6. The van der Waals surface area contributed by atoms with Gasteiger partial charge in [-0.25, -0.2) is 5.43 Å². The molecule has 0 aliphatic carbocycles. The first-order chi connectivity index (χ1) is 11.3. The van der Waals surface area contributed by atoms with Crippen molar-refractivity contribution in [3.8, 4) is 5.75 Å². The summed E-state index contributed by atoms with van der Waals surface area (Å²) >= 11 is 1.38. The first kappa shape index (κ1) is 15.2. The molecule has 0 fully saturated rings. The molecule has 1 amide bonds. The number of benzene rings is 2. The van der Waals surface area contributed by atoms with Crippen LogP contribution in [-0.4, -0.2) is 18.7 Å². The summed E-state index contributed by atoms with van der Waals surface area (Å²) in [6, 6.07) is 15.5. The first-order valence-electron chi connectivity index (χ1n) is 7.31. The van der Waals surface area contributed by atoms with E-state index in [2.05, 4.69) is 10.5 Å². The molecule has 1 heterocycles. The lowest BCUT2D eigenvalue weighted by Gasteiger charge is -2.10. The van der Waals surface area contributed by atoms with E-state index in [1.165, 1.54) is 11.3 Å². The number of fused-ring (bicyclic) bond motifs is 1. The molecule has 0 aliphatic rings. The normalized spacial score (nSPS) is 11.0. The van der Waals surface area contributed by atoms with Gasteiger partial charge in [0, 0.05) is 5.56 Å². The number of hydrogen-bond donors (Lipinski definition) is 1. The lowest BCUT2D eigenvalue weighted by atomic mass is 10.0. The van der Waals surface area contributed by atoms with Crippen LogP contribution in [0.5, 0.6) is 5.75 Å². The number of amides is 1. The molecule has 3 rings (SSSR count). The SMILES string of the molecule is CCOc1ccc2ccccc2c1/C=N/NC(=O)c1cccs1. The van der Waals surface area contributed by atoms with E-state index in [0.717, 1.165) is 22.1 Å². The minimum absolute atomic E-state index is 0.213. The predicted octanol–water partition coefficient (Wildman–Crippen LogP) is 4.06. The minimum atomic E-state index is -0.213. The molecule has 0 aliphatic heterocycles. The van der Waals surface area contributed by atoms with Crippen molar-refractivity contribution >= 4 is 34.2 Å². The maximum absolute atomic E-state index is 11.9. The van der Waals surface area contributed by atoms with Gasteiger partial charge in [0.2, 0.25) is 0 Å². The summed E-state index contributed by atoms with van der Waals surface area (Å²) in [5, 5.41) is 8.08. The van der Waals surface area contributed by atoms with Gasteiger partial charge in [0.15, 0.2) is 0 Å². The van der Waals surface area contributed by atoms with Crippen LogP contribution in [0.3, 0.4) is 0 Å². The van der Waals surface area contributed by atoms with E-state index in [0.29, 0.717) is 11.5 Å². The number of ether oxygens (including phenoxy) is 1. The van der Waals surface area contributed by atoms with Gasteiger partial charge in [0.05, 0.1) is 17.7 Å². The largest absolute Gasteiger partial charge is 0.493 e. The Morgan fingerprint density at radius 1 is 1.22 bits per heavy atom. The van der Waals surface area contributed by atoms with Gasteiger partial charge < -0.3 is 4.74 Å². The van der Waals surface area contributed by atoms with Crippen LogP contribution in [0.4, 0.5) is 0 Å². The van der Waals surface area contributed by atoms with Gasteiger partial charge in [0.1, 0.15) is 5.75 Å². The highest BCUT2D eigenvalue weighted by Crippen LogP contribution is 2.26. The molecule has 0 saturated carbocycles. The fourth-order valence-corrected chi connectivity index (χ4v) is 2.92. The molecule has 3 aromatic rings. The van der Waals surface area contributed by atoms with Crippen molar-refractivity contribution < 1.29 is 9.53 Å². The summed E-state index contributed by atoms with van der Waals surface area (Å²) in [5.41, 5.74) is 3.41. The summed E-state index contributed by atoms with van der Waals surface area (Å²) in [6.45, 7) is 2.51. The van der Waals surface area contributed by atoms with Gasteiger partial charge in [-0.05, 0) is 35.2 Å². The van der Waals surface area contributed by atoms with Crippen LogP contribution in [0.25, 0.3) is 10.8 Å². The average Bonchev–Trinajstić information content (AvgIpc) is 3.11. The Morgan fingerprint density at radius 2 is 2.09 bits per heavy atom. The molecule has 23 heavy (non-hydrogen) atoms. The van der Waals surface area contributed by atoms with Crippen LogP contribution in [0, 0.1) is 0 Å². The Hall–Kier alpha value is -2.66. The third kappa shape index (κ3) is 3.40. The molecule has 0 saturated heterocycles. The Labute approximate surface area is 138 Å². The fourth-order valence-electron chi connectivity index (χ4n) is 2.31. The molecular formula is C18H16N2O2S. The summed E-state index contributed by atoms with van der Waals surface area (Å²) < 4.78 is 5.67. The number of nitrogens with one attached hydrogen (secondary N) is 1. The predicted molar refractivity (Wildman–Crippen MR) is 94.5 cm³/mol. The van der Waals surface area contributed by atoms with Gasteiger partial charge in [-0.1, -0.05) is 36.4 Å². The standard InChI is InChI=1S/C18H16N2O2S/c1-2-22-16-10-9-13-6-3-4-7-14(13)15(16)12-19-20-18(21)17-8-5-11-23-17/h3-12H,2H2,1H3,(H,20,21)/b19-12+. The van der Waals surface area contributed by atoms with E-state index in [-0.39, 0.29) is 5.91 Å². The zero-order valence-electron chi connectivity index (χ0n) is 12.7. The van der Waals surface area contributed by atoms with Crippen LogP contribution >= 0.6 is 11.3 Å². The second-order valence-electron chi connectivity index (χ2n) is 4.81. The second kappa shape index (κ2) is 7.07. The van der Waals surface area contributed by atoms with Gasteiger partial charge in [0.25, 0.3) is 5.91 Å². The molecule has 0 bridgehead atoms. The van der Waals surface area contributed by atoms with Crippen molar-refractivity contribution in [2.24, 2.45) is 5.10 Å². The van der Waals surface area contributed by atoms with Crippen LogP contribution < -0.4 is 10.2 Å². The molecule has 1 N–H and O–H groups in total. The molecule has 4 nitrogen and oxygen atoms in total. The number of rotatable bonds is 5. The maximum atomic E-state index is 11.9. The molecule has 2 aromatic carbocycles. The first-order valence-corrected chi connectivity index (χ1v) is 8.19. The Kier molecular flexibility index (Phi) is 4.68. The Balaban J connectivity index is 1.89. The van der Waals surface area contributed by atoms with Crippen molar-refractivity contribution in [2.75, 3.05) is 6.61 Å². The van der Waals surface area contributed by atoms with E-state index in [9.17, 15) is 4.79 Å². The number of nitrogens with zero attached hydrogens (tertiary/aromatic N) is 1. The Morgan fingerprint density at radius 3 is 2.87 bits per heavy atom. The van der Waals surface area contributed by atoms with E-state index in [4.69, 9.17) is 4.74 Å². The molecule has 0 atom stereocenters. The van der Waals surface area contributed by atoms with Crippen molar-refractivity contribution in [1.29, 1.82) is 0 Å². The molecule has 1 aromatic heterocycles. The van der Waals surface area contributed by atoms with Crippen molar-refractivity contribution in [1.82, 2.24) is 5.43 Å². The summed E-state index contributed by atoms with van der Waals surface area (Å²) in [7, 11) is 0. The summed E-state index contributed by atoms with van der Waals surface area (Å²) in [6.07, 6.45) is 1.64. The topological polar surface area (TPSA) is 50.7 Å². The number of thiophene rings is 1. The number of carbonyl (C=O) groups is 1. The highest BCUT2D eigenvalue weighted by molar-refractivity contribution is 7.12. The van der Waals surface area contributed by atoms with Gasteiger partial charge >= 0.3 is 0 Å². The lowest BCUT2D eigenvalue weighted by Crippen LogP contribution is -2.16. The highest BCUT2D eigenvalue weighted by atomic mass is 32.1. The van der Waals surface area contributed by atoms with Crippen LogP contribution in [0.2, 0.25) is 0 Å². The van der Waals surface area contributed by atoms with Crippen molar-refractivity contribution in [3.05, 3.63) is 64.4 Å². The molecule has 0 spiro atoms. The number of hydrogen-bond acceptors (Lipinski definition) is 4. The lowest BCUT2D eigenvalue weighted by molar-refractivity contribution is 0.0959. The maximum Gasteiger partial charge on any atom is 0.281 e. The zero-order valence-corrected chi connectivity index (χ0v) is 13.5. The minimum Gasteiger partial charge on any atom is -0.493 e. The Bertz CT molecular complexity index is 841. The van der Waals surface area contributed by atoms with Crippen LogP contribution in [0.15, 0.2) is 59.0 Å². The van der Waals surface area contributed by atoms with Crippen molar-refractivity contribution in [2.45, 2.75) is 6.92 Å². The van der Waals surface area contributed by atoms with Crippen LogP contribution in [0.1, 0.15) is 22.2 Å². The van der Waals surface area contributed by atoms with Crippen LogP contribution in [-0.2, 0) is 0 Å². The smallest absolute Gasteiger partial charge is 0.281 e. The number of carbonyl (C=O) groups excluding carboxylic acids is 1. The number of hydrazone groups is 1. The van der Waals surface area contributed by atoms with E-state index in [1.807, 2.05) is 54.8 Å². The van der Waals surface area contributed by atoms with Crippen molar-refractivity contribution in [3.63, 3.8) is 0 Å². The molecule has 116 valence electrons. The molecule has 0 radical (unpaired) electrons. The van der Waals surface area contributed by atoms with Gasteiger partial charge in [-0.15, -0.1) is 11.3 Å². The third-order valence-electron chi connectivity index (χ3n) is 3.34. The van der Waals surface area contributed by atoms with E-state index in [1.54, 1.807) is 12.3 Å². The molecule has 0 unspecified atom stereocenters. The van der Waals surface area contributed by atoms with E-state index >= 15 is 0 Å². The molecule has 5 heteroatoms. The fraction of sp³-hybridized carbons (Fsp3) is 0.111. The van der Waals surface area contributed by atoms with Gasteiger partial charge in [-0.2, -0.15) is 5.10 Å². The third-order valence-corrected chi connectivity index (χ3v) is 4.20. The summed E-state index contributed by atoms with van der Waals surface area (Å²) in [5.74, 6) is 0.537. The molecular weight excluding hydrogens is 308 g/mol. The average molecular weight is 324 g/mol. The second-order valence-corrected chi connectivity index (χ2v) is 5.76. The quantitative estimate of drug-likeness (QED) is 0.568. The zero-order chi connectivity index (χ0) is 16.1. The van der Waals surface area contributed by atoms with Gasteiger partial charge in [-0.3, -0.25) is 4.79 Å². The monoisotopic (exact) mass is 324 g/mol. The highest BCUT2D eigenvalue weighted by Gasteiger charge is 2.08. The van der Waals surface area contributed by atoms with E-state index < -0.39 is 0 Å².